The second-order valence-corrected chi connectivity index (χ2v) is 23.2. The van der Waals surface area contributed by atoms with Crippen molar-refractivity contribution in [2.45, 2.75) is 343 Å². The normalized spacial score (nSPS) is 30.0. The molecule has 0 aromatic rings. The van der Waals surface area contributed by atoms with Gasteiger partial charge < -0.3 is 89.9 Å². The van der Waals surface area contributed by atoms with E-state index in [0.717, 1.165) is 51.4 Å². The summed E-state index contributed by atoms with van der Waals surface area (Å²) in [6.07, 6.45) is 20.1. The van der Waals surface area contributed by atoms with Crippen molar-refractivity contribution in [2.75, 3.05) is 26.4 Å². The van der Waals surface area contributed by atoms with Gasteiger partial charge >= 0.3 is 0 Å². The van der Waals surface area contributed by atoms with Gasteiger partial charge in [-0.05, 0) is 19.3 Å². The molecule has 17 unspecified atom stereocenters. The first kappa shape index (κ1) is 72.8. The van der Waals surface area contributed by atoms with Crippen LogP contribution in [0, 0.1) is 0 Å². The van der Waals surface area contributed by atoms with E-state index >= 15 is 0 Å². The lowest BCUT2D eigenvalue weighted by Gasteiger charge is -2.48. The van der Waals surface area contributed by atoms with Crippen molar-refractivity contribution < 1.29 is 89.4 Å². The molecule has 80 heavy (non-hydrogen) atoms. The largest absolute Gasteiger partial charge is 0.394 e. The molecule has 0 aliphatic carbocycles. The van der Waals surface area contributed by atoms with E-state index in [1.807, 2.05) is 6.08 Å². The lowest BCUT2D eigenvalue weighted by Crippen LogP contribution is -2.66. The van der Waals surface area contributed by atoms with E-state index in [-0.39, 0.29) is 18.9 Å². The van der Waals surface area contributed by atoms with Gasteiger partial charge in [0.1, 0.15) is 73.2 Å². The van der Waals surface area contributed by atoms with Crippen molar-refractivity contribution in [3.05, 3.63) is 12.2 Å². The van der Waals surface area contributed by atoms with Gasteiger partial charge in [0.25, 0.3) is 0 Å². The van der Waals surface area contributed by atoms with E-state index in [0.29, 0.717) is 6.42 Å². The molecule has 0 aromatic heterocycles. The molecule has 12 N–H and O–H groups in total. The molecule has 472 valence electrons. The topological polar surface area (TPSA) is 307 Å². The minimum Gasteiger partial charge on any atom is -0.394 e. The number of aliphatic hydroxyl groups is 11. The second-order valence-electron chi connectivity index (χ2n) is 23.2. The molecule has 0 bridgehead atoms. The van der Waals surface area contributed by atoms with Gasteiger partial charge in [0.15, 0.2) is 18.9 Å². The second kappa shape index (κ2) is 44.9. The highest BCUT2D eigenvalue weighted by Crippen LogP contribution is 2.33. The number of carbonyl (C=O) groups is 1. The zero-order valence-corrected chi connectivity index (χ0v) is 49.3. The number of hydrogen-bond donors (Lipinski definition) is 12. The summed E-state index contributed by atoms with van der Waals surface area (Å²) in [6, 6.07) is -0.964. The summed E-state index contributed by atoms with van der Waals surface area (Å²) in [5, 5.41) is 120. The number of nitrogens with one attached hydrogen (secondary N) is 1. The first-order valence-corrected chi connectivity index (χ1v) is 31.9. The average Bonchev–Trinajstić information content (AvgIpc) is 3.45. The van der Waals surface area contributed by atoms with Crippen LogP contribution in [0.15, 0.2) is 12.2 Å². The molecule has 3 rings (SSSR count). The van der Waals surface area contributed by atoms with Crippen molar-refractivity contribution in [2.24, 2.45) is 0 Å². The van der Waals surface area contributed by atoms with Crippen molar-refractivity contribution in [3.63, 3.8) is 0 Å². The Kier molecular flexibility index (Phi) is 40.9. The molecule has 19 nitrogen and oxygen atoms in total. The van der Waals surface area contributed by atoms with Gasteiger partial charge in [-0.2, -0.15) is 0 Å². The molecule has 0 aromatic carbocycles. The average molecular weight is 1150 g/mol. The summed E-state index contributed by atoms with van der Waals surface area (Å²) in [5.74, 6) is -0.287. The van der Waals surface area contributed by atoms with Crippen LogP contribution in [-0.4, -0.2) is 193 Å². The standard InChI is InChI=1S/C61H115NO18/c1-3-5-7-9-10-11-12-13-14-15-16-17-18-19-20-21-22-23-24-25-26-27-28-29-30-31-32-33-35-36-38-45(66)44(62-49(67)39-37-34-8-6-4-2)43-75-59-55(73)52(70)57(47(41-64)77-59)80-61-56(74)53(71)58(48(42-65)78-61)79-60-54(72)51(69)50(68)46(40-63)76-60/h36,38,44-48,50-61,63-66,68-74H,3-35,37,39-43H2,1-2H3,(H,62,67)/b38-36+. The van der Waals surface area contributed by atoms with Gasteiger partial charge in [-0.3, -0.25) is 4.79 Å². The predicted octanol–water partition coefficient (Wildman–Crippen LogP) is 6.55. The molecule has 3 heterocycles. The summed E-state index contributed by atoms with van der Waals surface area (Å²) in [5.41, 5.74) is 0. The van der Waals surface area contributed by atoms with E-state index in [1.54, 1.807) is 6.08 Å². The number of ether oxygens (including phenoxy) is 6. The maximum absolute atomic E-state index is 13.1. The van der Waals surface area contributed by atoms with Crippen LogP contribution >= 0.6 is 0 Å². The molecule has 1 amide bonds. The Morgan fingerprint density at radius 1 is 0.438 bits per heavy atom. The Bertz CT molecular complexity index is 1510. The number of carbonyl (C=O) groups excluding carboxylic acids is 1. The molecule has 17 atom stereocenters. The molecule has 19 heteroatoms. The summed E-state index contributed by atoms with van der Waals surface area (Å²) >= 11 is 0. The zero-order valence-electron chi connectivity index (χ0n) is 49.3. The van der Waals surface area contributed by atoms with Crippen LogP contribution in [0.4, 0.5) is 0 Å². The quantitative estimate of drug-likeness (QED) is 0.0227. The number of rotatable bonds is 48. The van der Waals surface area contributed by atoms with Crippen LogP contribution in [0.3, 0.4) is 0 Å². The fourth-order valence-electron chi connectivity index (χ4n) is 11.1. The first-order chi connectivity index (χ1) is 38.8. The molecule has 0 spiro atoms. The Balaban J connectivity index is 1.33. The predicted molar refractivity (Wildman–Crippen MR) is 305 cm³/mol. The number of amides is 1. The maximum atomic E-state index is 13.1. The molecule has 0 radical (unpaired) electrons. The van der Waals surface area contributed by atoms with Gasteiger partial charge in [0, 0.05) is 6.42 Å². The van der Waals surface area contributed by atoms with Crippen LogP contribution in [0.1, 0.15) is 239 Å². The van der Waals surface area contributed by atoms with E-state index in [1.165, 1.54) is 161 Å². The number of hydrogen-bond acceptors (Lipinski definition) is 18. The minimum atomic E-state index is -1.97. The lowest BCUT2D eigenvalue weighted by atomic mass is 9.96. The smallest absolute Gasteiger partial charge is 0.220 e. The van der Waals surface area contributed by atoms with Gasteiger partial charge in [-0.1, -0.05) is 225 Å². The Morgan fingerprint density at radius 3 is 1.18 bits per heavy atom. The van der Waals surface area contributed by atoms with Gasteiger partial charge in [-0.15, -0.1) is 0 Å². The van der Waals surface area contributed by atoms with Crippen molar-refractivity contribution in [3.8, 4) is 0 Å². The number of allylic oxidation sites excluding steroid dienone is 1. The maximum Gasteiger partial charge on any atom is 0.220 e. The summed E-state index contributed by atoms with van der Waals surface area (Å²) in [4.78, 5) is 13.1. The van der Waals surface area contributed by atoms with Crippen LogP contribution in [0.5, 0.6) is 0 Å². The first-order valence-electron chi connectivity index (χ1n) is 31.9. The zero-order chi connectivity index (χ0) is 58.3. The summed E-state index contributed by atoms with van der Waals surface area (Å²) in [7, 11) is 0. The highest BCUT2D eigenvalue weighted by Gasteiger charge is 2.53. The molecule has 3 aliphatic rings. The highest BCUT2D eigenvalue weighted by atomic mass is 16.8. The van der Waals surface area contributed by atoms with Crippen molar-refractivity contribution in [1.82, 2.24) is 5.32 Å². The van der Waals surface area contributed by atoms with Crippen molar-refractivity contribution >= 4 is 5.91 Å². The van der Waals surface area contributed by atoms with E-state index < -0.39 is 124 Å². The van der Waals surface area contributed by atoms with E-state index in [4.69, 9.17) is 28.4 Å². The molecular formula is C61H115NO18. The molecule has 3 fully saturated rings. The van der Waals surface area contributed by atoms with Crippen LogP contribution in [0.25, 0.3) is 0 Å². The molecule has 3 aliphatic heterocycles. The monoisotopic (exact) mass is 1150 g/mol. The van der Waals surface area contributed by atoms with E-state index in [9.17, 15) is 61.0 Å². The third kappa shape index (κ3) is 28.2. The summed E-state index contributed by atoms with van der Waals surface area (Å²) in [6.45, 7) is 1.63. The van der Waals surface area contributed by atoms with E-state index in [2.05, 4.69) is 19.2 Å². The van der Waals surface area contributed by atoms with Crippen molar-refractivity contribution in [1.29, 1.82) is 0 Å². The van der Waals surface area contributed by atoms with Gasteiger partial charge in [0.2, 0.25) is 5.91 Å². The molecule has 0 saturated carbocycles. The van der Waals surface area contributed by atoms with Crippen LogP contribution in [-0.2, 0) is 33.2 Å². The third-order valence-corrected chi connectivity index (χ3v) is 16.3. The Hall–Kier alpha value is -1.47. The van der Waals surface area contributed by atoms with Gasteiger partial charge in [-0.25, -0.2) is 0 Å². The minimum absolute atomic E-state index is 0.241. The highest BCUT2D eigenvalue weighted by molar-refractivity contribution is 5.76. The Morgan fingerprint density at radius 2 is 0.775 bits per heavy atom. The van der Waals surface area contributed by atoms with Crippen LogP contribution < -0.4 is 5.32 Å². The number of unbranched alkanes of at least 4 members (excludes halogenated alkanes) is 32. The number of aliphatic hydroxyl groups excluding tert-OH is 11. The summed E-state index contributed by atoms with van der Waals surface area (Å²) < 4.78 is 34.1. The van der Waals surface area contributed by atoms with Gasteiger partial charge in [0.05, 0.1) is 38.6 Å². The fraction of sp³-hybridized carbons (Fsp3) is 0.951. The SMILES string of the molecule is CCCCCCCCCCCCCCCCCCCCCCCCCCCCCC/C=C/C(O)C(COC1OC(CO)C(OC2OC(CO)C(OC3OC(CO)C(O)C(O)C3O)C(O)C2O)C(O)C1O)NC(=O)CCCCCCC. The third-order valence-electron chi connectivity index (χ3n) is 16.3. The molecule has 3 saturated heterocycles. The molecular weight excluding hydrogens is 1030 g/mol. The van der Waals surface area contributed by atoms with Crippen LogP contribution in [0.2, 0.25) is 0 Å². The Labute approximate surface area is 480 Å². The fourth-order valence-corrected chi connectivity index (χ4v) is 11.1. The lowest BCUT2D eigenvalue weighted by molar-refractivity contribution is -0.379.